The lowest BCUT2D eigenvalue weighted by atomic mass is 10.0. The second kappa shape index (κ2) is 10.0. The van der Waals surface area contributed by atoms with E-state index in [0.29, 0.717) is 0 Å². The van der Waals surface area contributed by atoms with Crippen LogP contribution in [0.1, 0.15) is 0 Å². The van der Waals surface area contributed by atoms with Gasteiger partial charge >= 0.3 is 0 Å². The van der Waals surface area contributed by atoms with Gasteiger partial charge in [-0.2, -0.15) is 0 Å². The Morgan fingerprint density at radius 3 is 1.98 bits per heavy atom. The average Bonchev–Trinajstić information content (AvgIpc) is 3.93. The molecule has 0 saturated carbocycles. The molecule has 0 aliphatic rings. The third kappa shape index (κ3) is 3.63. The Hall–Kier alpha value is -6.56. The number of rotatable bonds is 3. The van der Waals surface area contributed by atoms with Gasteiger partial charge < -0.3 is 8.97 Å². The van der Waals surface area contributed by atoms with Gasteiger partial charge in [-0.25, -0.2) is 9.97 Å². The van der Waals surface area contributed by atoms with Crippen molar-refractivity contribution in [1.82, 2.24) is 18.9 Å². The normalized spacial score (nSPS) is 12.3. The molecule has 0 saturated heterocycles. The lowest BCUT2D eigenvalue weighted by molar-refractivity contribution is 1.18. The van der Waals surface area contributed by atoms with Crippen LogP contribution in [0.25, 0.3) is 109 Å². The smallest absolute Gasteiger partial charge is 0.162 e. The van der Waals surface area contributed by atoms with Crippen LogP contribution < -0.4 is 0 Å². The van der Waals surface area contributed by atoms with Crippen LogP contribution in [0.5, 0.6) is 0 Å². The number of para-hydroxylation sites is 3. The molecule has 12 aromatic rings. The third-order valence-electron chi connectivity index (χ3n) is 10.7. The van der Waals surface area contributed by atoms with Gasteiger partial charge in [-0.05, 0) is 36.4 Å². The van der Waals surface area contributed by atoms with Gasteiger partial charge in [0.25, 0.3) is 0 Å². The number of nitrogens with zero attached hydrogens (tertiary/aromatic N) is 4. The van der Waals surface area contributed by atoms with Crippen LogP contribution in [0, 0.1) is 0 Å². The quantitative estimate of drug-likeness (QED) is 0.188. The molecule has 0 aliphatic heterocycles. The van der Waals surface area contributed by atoms with Crippen LogP contribution >= 0.6 is 11.3 Å². The molecule has 0 N–H and O–H groups in total. The number of hydrogen-bond acceptors (Lipinski definition) is 3. The molecule has 236 valence electrons. The zero-order valence-electron chi connectivity index (χ0n) is 27.2. The lowest BCUT2D eigenvalue weighted by Crippen LogP contribution is -1.96. The Morgan fingerprint density at radius 2 is 1.12 bits per heavy atom. The predicted molar refractivity (Wildman–Crippen MR) is 215 cm³/mol. The van der Waals surface area contributed by atoms with Gasteiger partial charge in [0.15, 0.2) is 5.82 Å². The molecule has 0 unspecified atom stereocenters. The zero-order chi connectivity index (χ0) is 33.2. The second-order valence-electron chi connectivity index (χ2n) is 13.3. The first kappa shape index (κ1) is 27.3. The molecule has 0 atom stereocenters. The second-order valence-corrected chi connectivity index (χ2v) is 14.4. The highest BCUT2D eigenvalue weighted by atomic mass is 32.1. The number of hydrogen-bond donors (Lipinski definition) is 0. The molecular formula is C46H26N4S. The summed E-state index contributed by atoms with van der Waals surface area (Å²) in [6.07, 6.45) is 0. The van der Waals surface area contributed by atoms with Gasteiger partial charge in [-0.15, -0.1) is 11.3 Å². The van der Waals surface area contributed by atoms with Gasteiger partial charge in [0.2, 0.25) is 0 Å². The zero-order valence-corrected chi connectivity index (χ0v) is 28.0. The maximum Gasteiger partial charge on any atom is 0.162 e. The van der Waals surface area contributed by atoms with E-state index in [4.69, 9.17) is 9.97 Å². The van der Waals surface area contributed by atoms with Gasteiger partial charge in [-0.3, -0.25) is 0 Å². The standard InChI is InChI=1S/C46H26N4S/c1-2-12-27(13-3-1)43-42-34-16-6-9-23-40(34)51-46(42)48-45(47-43)35-19-11-22-38-41(35)33-15-5-8-21-37(33)49(38)28-24-25-30-32-18-10-17-31-29-14-4-7-20-36(29)50(44(31)32)39(30)26-28/h1-26H. The Balaban J connectivity index is 1.16. The summed E-state index contributed by atoms with van der Waals surface area (Å²) in [6, 6.07) is 56.8. The number of fused-ring (bicyclic) bond motifs is 12. The van der Waals surface area contributed by atoms with E-state index < -0.39 is 0 Å². The molecule has 7 aromatic carbocycles. The maximum absolute atomic E-state index is 5.40. The predicted octanol–water partition coefficient (Wildman–Crippen LogP) is 12.4. The Bertz CT molecular complexity index is 3370. The van der Waals surface area contributed by atoms with E-state index in [1.165, 1.54) is 53.6 Å². The van der Waals surface area contributed by atoms with Crippen molar-refractivity contribution in [2.24, 2.45) is 0 Å². The van der Waals surface area contributed by atoms with Crippen molar-refractivity contribution >= 4 is 91.5 Å². The van der Waals surface area contributed by atoms with Crippen molar-refractivity contribution in [3.63, 3.8) is 0 Å². The van der Waals surface area contributed by atoms with E-state index >= 15 is 0 Å². The van der Waals surface area contributed by atoms with E-state index in [0.717, 1.165) is 55.0 Å². The highest BCUT2D eigenvalue weighted by molar-refractivity contribution is 7.25. The molecular weight excluding hydrogens is 641 g/mol. The van der Waals surface area contributed by atoms with Crippen LogP contribution in [0.4, 0.5) is 0 Å². The highest BCUT2D eigenvalue weighted by Crippen LogP contribution is 2.44. The number of thiophene rings is 1. The van der Waals surface area contributed by atoms with Gasteiger partial charge in [-0.1, -0.05) is 121 Å². The fourth-order valence-electron chi connectivity index (χ4n) is 8.59. The molecule has 4 nitrogen and oxygen atoms in total. The highest BCUT2D eigenvalue weighted by Gasteiger charge is 2.22. The summed E-state index contributed by atoms with van der Waals surface area (Å²) in [7, 11) is 0. The largest absolute Gasteiger partial charge is 0.309 e. The molecule has 12 rings (SSSR count). The topological polar surface area (TPSA) is 35.1 Å². The van der Waals surface area contributed by atoms with Gasteiger partial charge in [0.05, 0.1) is 33.3 Å². The van der Waals surface area contributed by atoms with Crippen LogP contribution in [0.15, 0.2) is 158 Å². The van der Waals surface area contributed by atoms with E-state index in [2.05, 4.69) is 167 Å². The first-order valence-electron chi connectivity index (χ1n) is 17.3. The fraction of sp³-hybridized carbons (Fsp3) is 0. The fourth-order valence-corrected chi connectivity index (χ4v) is 9.67. The summed E-state index contributed by atoms with van der Waals surface area (Å²) < 4.78 is 6.09. The van der Waals surface area contributed by atoms with Crippen molar-refractivity contribution in [1.29, 1.82) is 0 Å². The molecule has 5 aromatic heterocycles. The molecule has 51 heavy (non-hydrogen) atoms. The number of benzene rings is 7. The van der Waals surface area contributed by atoms with E-state index in [1.54, 1.807) is 11.3 Å². The van der Waals surface area contributed by atoms with Crippen molar-refractivity contribution in [2.75, 3.05) is 0 Å². The third-order valence-corrected chi connectivity index (χ3v) is 11.8. The molecule has 0 spiro atoms. The summed E-state index contributed by atoms with van der Waals surface area (Å²) in [4.78, 5) is 11.7. The number of aromatic nitrogens is 4. The van der Waals surface area contributed by atoms with E-state index in [-0.39, 0.29) is 0 Å². The average molecular weight is 667 g/mol. The summed E-state index contributed by atoms with van der Waals surface area (Å²) in [6.45, 7) is 0. The first-order valence-corrected chi connectivity index (χ1v) is 18.1. The minimum Gasteiger partial charge on any atom is -0.309 e. The maximum atomic E-state index is 5.40. The van der Waals surface area contributed by atoms with E-state index in [1.807, 2.05) is 0 Å². The van der Waals surface area contributed by atoms with Crippen molar-refractivity contribution in [3.8, 4) is 28.3 Å². The molecule has 0 radical (unpaired) electrons. The molecule has 0 bridgehead atoms. The molecule has 0 aliphatic carbocycles. The van der Waals surface area contributed by atoms with Gasteiger partial charge in [0.1, 0.15) is 4.83 Å². The van der Waals surface area contributed by atoms with Crippen LogP contribution in [-0.4, -0.2) is 18.9 Å². The summed E-state index contributed by atoms with van der Waals surface area (Å²) in [5.74, 6) is 0.743. The molecule has 5 heterocycles. The Kier molecular flexibility index (Phi) is 5.35. The van der Waals surface area contributed by atoms with Crippen LogP contribution in [0.3, 0.4) is 0 Å². The Morgan fingerprint density at radius 1 is 0.451 bits per heavy atom. The summed E-state index contributed by atoms with van der Waals surface area (Å²) >= 11 is 1.74. The molecule has 5 heteroatoms. The minimum atomic E-state index is 0.743. The Labute approximate surface area is 295 Å². The van der Waals surface area contributed by atoms with Gasteiger partial charge in [0, 0.05) is 64.6 Å². The first-order chi connectivity index (χ1) is 25.3. The van der Waals surface area contributed by atoms with Crippen LogP contribution in [-0.2, 0) is 0 Å². The van der Waals surface area contributed by atoms with Crippen molar-refractivity contribution in [3.05, 3.63) is 158 Å². The summed E-state index contributed by atoms with van der Waals surface area (Å²) in [5, 5.41) is 9.80. The monoisotopic (exact) mass is 666 g/mol. The molecule has 0 amide bonds. The summed E-state index contributed by atoms with van der Waals surface area (Å²) in [5.41, 5.74) is 10.3. The lowest BCUT2D eigenvalue weighted by Gasteiger charge is -2.10. The SMILES string of the molecule is c1ccc(-c2nc(-c3cccc4c3c3ccccc3n4-c3ccc4c5cccc6c7ccccc7n(c4c3)c65)nc3sc4ccccc4c23)cc1. The van der Waals surface area contributed by atoms with Crippen molar-refractivity contribution < 1.29 is 0 Å². The minimum absolute atomic E-state index is 0.743. The van der Waals surface area contributed by atoms with E-state index in [9.17, 15) is 0 Å². The van der Waals surface area contributed by atoms with Crippen molar-refractivity contribution in [2.45, 2.75) is 0 Å². The molecule has 0 fully saturated rings. The van der Waals surface area contributed by atoms with Crippen LogP contribution in [0.2, 0.25) is 0 Å².